The van der Waals surface area contributed by atoms with Crippen molar-refractivity contribution in [2.75, 3.05) is 7.11 Å². The van der Waals surface area contributed by atoms with Crippen LogP contribution in [0.1, 0.15) is 11.1 Å². The van der Waals surface area contributed by atoms with Crippen molar-refractivity contribution in [1.29, 1.82) is 0 Å². The molecule has 0 unspecified atom stereocenters. The number of carboxylic acid groups (broad SMARTS) is 1. The highest BCUT2D eigenvalue weighted by molar-refractivity contribution is 6.30. The third kappa shape index (κ3) is 5.12. The van der Waals surface area contributed by atoms with Gasteiger partial charge in [0.05, 0.1) is 7.11 Å². The Bertz CT molecular complexity index is 944. The van der Waals surface area contributed by atoms with Gasteiger partial charge in [0, 0.05) is 17.1 Å². The molecule has 0 aliphatic rings. The lowest BCUT2D eigenvalue weighted by atomic mass is 10.0. The topological polar surface area (TPSA) is 58.6 Å². The Morgan fingerprint density at radius 3 is 2.50 bits per heavy atom. The summed E-state index contributed by atoms with van der Waals surface area (Å²) in [4.78, 5) is 11.7. The van der Waals surface area contributed by atoms with E-state index in [1.54, 1.807) is 7.11 Å². The Hall–Kier alpha value is -2.82. The van der Waals surface area contributed by atoms with Crippen LogP contribution in [0, 0.1) is 0 Å². The fourth-order valence-electron chi connectivity index (χ4n) is 3.08. The maximum Gasteiger partial charge on any atom is 0.321 e. The number of hydrogen-bond acceptors (Lipinski definition) is 3. The fraction of sp³-hybridized carbons (Fsp3) is 0.174. The molecule has 4 nitrogen and oxygen atoms in total. The molecule has 3 aromatic carbocycles. The molecule has 2 N–H and O–H groups in total. The zero-order valence-corrected chi connectivity index (χ0v) is 16.3. The van der Waals surface area contributed by atoms with Crippen LogP contribution >= 0.6 is 11.6 Å². The molecule has 3 aromatic rings. The van der Waals surface area contributed by atoms with Crippen LogP contribution in [0.25, 0.3) is 11.1 Å². The molecule has 0 bridgehead atoms. The van der Waals surface area contributed by atoms with E-state index >= 15 is 0 Å². The predicted molar refractivity (Wildman–Crippen MR) is 112 cm³/mol. The zero-order valence-electron chi connectivity index (χ0n) is 15.6. The number of carbonyl (C=O) groups is 1. The number of ether oxygens (including phenoxy) is 1. The SMILES string of the molecule is COc1ccc(CN[C@@H](Cc2ccccc2)C(=O)O)cc1-c1cccc(Cl)c1. The first-order valence-electron chi connectivity index (χ1n) is 9.00. The zero-order chi connectivity index (χ0) is 19.9. The molecular weight excluding hydrogens is 374 g/mol. The Labute approximate surface area is 169 Å². The van der Waals surface area contributed by atoms with Crippen molar-refractivity contribution in [3.8, 4) is 16.9 Å². The van der Waals surface area contributed by atoms with E-state index in [2.05, 4.69) is 5.32 Å². The number of aliphatic carboxylic acids is 1. The average Bonchev–Trinajstić information content (AvgIpc) is 2.71. The summed E-state index contributed by atoms with van der Waals surface area (Å²) in [6, 6.07) is 22.3. The second-order valence-electron chi connectivity index (χ2n) is 6.51. The highest BCUT2D eigenvalue weighted by Crippen LogP contribution is 2.32. The minimum Gasteiger partial charge on any atom is -0.496 e. The summed E-state index contributed by atoms with van der Waals surface area (Å²) < 4.78 is 5.48. The third-order valence-electron chi connectivity index (χ3n) is 4.53. The van der Waals surface area contributed by atoms with Gasteiger partial charge in [0.1, 0.15) is 11.8 Å². The Balaban J connectivity index is 1.78. The van der Waals surface area contributed by atoms with E-state index in [1.807, 2.05) is 72.8 Å². The standard InChI is InChI=1S/C23H22ClNO3/c1-28-22-11-10-17(12-20(22)18-8-5-9-19(24)14-18)15-25-21(23(26)27)13-16-6-3-2-4-7-16/h2-12,14,21,25H,13,15H2,1H3,(H,26,27)/t21-/m0/s1. The summed E-state index contributed by atoms with van der Waals surface area (Å²) in [6.07, 6.45) is 0.424. The maximum absolute atomic E-state index is 11.7. The molecule has 0 aromatic heterocycles. The summed E-state index contributed by atoms with van der Waals surface area (Å²) in [6.45, 7) is 0.432. The largest absolute Gasteiger partial charge is 0.496 e. The Morgan fingerprint density at radius 2 is 1.82 bits per heavy atom. The Kier molecular flexibility index (Phi) is 6.69. The third-order valence-corrected chi connectivity index (χ3v) is 4.77. The molecule has 0 aliphatic carbocycles. The Morgan fingerprint density at radius 1 is 1.04 bits per heavy atom. The normalized spacial score (nSPS) is 11.8. The quantitative estimate of drug-likeness (QED) is 0.575. The first-order chi connectivity index (χ1) is 13.6. The minimum absolute atomic E-state index is 0.424. The molecule has 1 atom stereocenters. The molecule has 0 saturated carbocycles. The summed E-state index contributed by atoms with van der Waals surface area (Å²) in [5, 5.41) is 13.4. The monoisotopic (exact) mass is 395 g/mol. The fourth-order valence-corrected chi connectivity index (χ4v) is 3.27. The summed E-state index contributed by atoms with van der Waals surface area (Å²) in [7, 11) is 1.63. The van der Waals surface area contributed by atoms with Gasteiger partial charge in [0.15, 0.2) is 0 Å². The van der Waals surface area contributed by atoms with E-state index in [1.165, 1.54) is 0 Å². The summed E-state index contributed by atoms with van der Waals surface area (Å²) >= 11 is 6.13. The second-order valence-corrected chi connectivity index (χ2v) is 6.94. The van der Waals surface area contributed by atoms with Gasteiger partial charge in [0.2, 0.25) is 0 Å². The van der Waals surface area contributed by atoms with Crippen molar-refractivity contribution in [3.63, 3.8) is 0 Å². The number of methoxy groups -OCH3 is 1. The van der Waals surface area contributed by atoms with Gasteiger partial charge in [-0.2, -0.15) is 0 Å². The van der Waals surface area contributed by atoms with Crippen molar-refractivity contribution in [1.82, 2.24) is 5.32 Å². The van der Waals surface area contributed by atoms with Crippen LogP contribution in [0.4, 0.5) is 0 Å². The summed E-state index contributed by atoms with van der Waals surface area (Å²) in [5.74, 6) is -0.127. The molecule has 0 radical (unpaired) electrons. The predicted octanol–water partition coefficient (Wildman–Crippen LogP) is 4.80. The van der Waals surface area contributed by atoms with Crippen LogP contribution < -0.4 is 10.1 Å². The molecule has 5 heteroatoms. The summed E-state index contributed by atoms with van der Waals surface area (Å²) in [5.41, 5.74) is 3.82. The first kappa shape index (κ1) is 19.9. The van der Waals surface area contributed by atoms with Crippen LogP contribution in [0.15, 0.2) is 72.8 Å². The van der Waals surface area contributed by atoms with E-state index in [0.717, 1.165) is 28.0 Å². The molecule has 28 heavy (non-hydrogen) atoms. The lowest BCUT2D eigenvalue weighted by molar-refractivity contribution is -0.139. The molecular formula is C23H22ClNO3. The first-order valence-corrected chi connectivity index (χ1v) is 9.37. The number of nitrogens with one attached hydrogen (secondary N) is 1. The van der Waals surface area contributed by atoms with Gasteiger partial charge in [0.25, 0.3) is 0 Å². The van der Waals surface area contributed by atoms with Gasteiger partial charge in [-0.15, -0.1) is 0 Å². The number of carboxylic acids is 1. The number of benzene rings is 3. The second kappa shape index (κ2) is 9.40. The highest BCUT2D eigenvalue weighted by atomic mass is 35.5. The van der Waals surface area contributed by atoms with Crippen LogP contribution in [-0.2, 0) is 17.8 Å². The molecule has 0 amide bonds. The van der Waals surface area contributed by atoms with Gasteiger partial charge >= 0.3 is 5.97 Å². The van der Waals surface area contributed by atoms with Crippen LogP contribution in [-0.4, -0.2) is 24.2 Å². The minimum atomic E-state index is -0.868. The maximum atomic E-state index is 11.7. The van der Waals surface area contributed by atoms with E-state index in [0.29, 0.717) is 18.0 Å². The molecule has 0 spiro atoms. The molecule has 0 fully saturated rings. The van der Waals surface area contributed by atoms with Gasteiger partial charge in [-0.25, -0.2) is 0 Å². The van der Waals surface area contributed by atoms with Crippen LogP contribution in [0.5, 0.6) is 5.75 Å². The number of rotatable bonds is 8. The lowest BCUT2D eigenvalue weighted by Gasteiger charge is -2.16. The van der Waals surface area contributed by atoms with E-state index in [4.69, 9.17) is 16.3 Å². The van der Waals surface area contributed by atoms with Crippen molar-refractivity contribution in [3.05, 3.63) is 88.9 Å². The molecule has 0 saturated heterocycles. The molecule has 0 heterocycles. The van der Waals surface area contributed by atoms with Gasteiger partial charge in [-0.05, 0) is 47.4 Å². The highest BCUT2D eigenvalue weighted by Gasteiger charge is 2.17. The average molecular weight is 396 g/mol. The van der Waals surface area contributed by atoms with Crippen molar-refractivity contribution in [2.24, 2.45) is 0 Å². The van der Waals surface area contributed by atoms with E-state index in [-0.39, 0.29) is 0 Å². The van der Waals surface area contributed by atoms with Crippen molar-refractivity contribution >= 4 is 17.6 Å². The van der Waals surface area contributed by atoms with Gasteiger partial charge < -0.3 is 15.2 Å². The van der Waals surface area contributed by atoms with E-state index in [9.17, 15) is 9.90 Å². The molecule has 144 valence electrons. The van der Waals surface area contributed by atoms with Crippen molar-refractivity contribution in [2.45, 2.75) is 19.0 Å². The van der Waals surface area contributed by atoms with Gasteiger partial charge in [-0.1, -0.05) is 60.1 Å². The van der Waals surface area contributed by atoms with Crippen LogP contribution in [0.3, 0.4) is 0 Å². The molecule has 0 aliphatic heterocycles. The molecule has 3 rings (SSSR count). The van der Waals surface area contributed by atoms with Gasteiger partial charge in [-0.3, -0.25) is 4.79 Å². The number of hydrogen-bond donors (Lipinski definition) is 2. The lowest BCUT2D eigenvalue weighted by Crippen LogP contribution is -2.38. The van der Waals surface area contributed by atoms with E-state index < -0.39 is 12.0 Å². The van der Waals surface area contributed by atoms with Crippen LogP contribution in [0.2, 0.25) is 5.02 Å². The smallest absolute Gasteiger partial charge is 0.321 e. The van der Waals surface area contributed by atoms with Crippen molar-refractivity contribution < 1.29 is 14.6 Å². The number of halogens is 1.